The molecule has 0 aromatic rings. The van der Waals surface area contributed by atoms with E-state index in [1.54, 1.807) is 0 Å². The Morgan fingerprint density at radius 3 is 0.294 bits per heavy atom. The van der Waals surface area contributed by atoms with Crippen molar-refractivity contribution in [3.05, 3.63) is 0 Å². The van der Waals surface area contributed by atoms with Crippen molar-refractivity contribution in [1.29, 1.82) is 0 Å². The zero-order valence-electron chi connectivity index (χ0n) is 32.9. The molecule has 0 atom stereocenters. The molecule has 0 bridgehead atoms. The first-order valence-electron chi connectivity index (χ1n) is 15.6. The van der Waals surface area contributed by atoms with E-state index in [4.69, 9.17) is 25.5 Å². The molecule has 0 rings (SSSR count). The molecule has 0 saturated heterocycles. The molecule has 0 amide bonds. The van der Waals surface area contributed by atoms with Gasteiger partial charge >= 0.3 is 0 Å². The van der Waals surface area contributed by atoms with Gasteiger partial charge in [0.1, 0.15) is 28.0 Å². The van der Waals surface area contributed by atoms with Gasteiger partial charge in [0, 0.05) is 180 Å². The third kappa shape index (κ3) is 37.8. The first-order chi connectivity index (χ1) is 28.9. The topological polar surface area (TPSA) is 703 Å². The normalized spacial score (nSPS) is 10.4. The second-order valence-electron chi connectivity index (χ2n) is 12.1. The van der Waals surface area contributed by atoms with E-state index < -0.39 is 182 Å². The molecule has 0 heterocycles. The first-order valence-corrected chi connectivity index (χ1v) is 15.6. The van der Waals surface area contributed by atoms with Crippen molar-refractivity contribution in [2.75, 3.05) is 0 Å². The quantitative estimate of drug-likeness (QED) is 0.0567. The van der Waals surface area contributed by atoms with Crippen LogP contribution in [0.1, 0.15) is 64.2 Å². The van der Waals surface area contributed by atoms with Gasteiger partial charge < -0.3 is 174 Å². The number of hydrogen-bond acceptors (Lipinski definition) is 35. The van der Waals surface area contributed by atoms with E-state index in [0.29, 0.717) is 0 Å². The molecular weight excluding hydrogens is 1070 g/mol. The predicted molar refractivity (Wildman–Crippen MR) is 146 cm³/mol. The maximum atomic E-state index is 10.1. The molecule has 3 radical (unpaired) electrons. The van der Waals surface area contributed by atoms with Gasteiger partial charge in [-0.05, 0) is 0 Å². The maximum absolute atomic E-state index is 10.1. The van der Waals surface area contributed by atoms with Gasteiger partial charge in [-0.2, -0.15) is 0 Å². The summed E-state index contributed by atoms with van der Waals surface area (Å²) >= 11 is 0. The van der Waals surface area contributed by atoms with E-state index in [0.717, 1.165) is 0 Å². The van der Waals surface area contributed by atoms with Crippen molar-refractivity contribution < 1.29 is 230 Å². The van der Waals surface area contributed by atoms with Gasteiger partial charge in [-0.3, -0.25) is 0 Å². The van der Waals surface area contributed by atoms with Crippen LogP contribution in [0.4, 0.5) is 0 Å². The molecule has 35 nitrogen and oxygen atoms in total. The number of carbonyl (C=O) groups is 15. The van der Waals surface area contributed by atoms with Crippen molar-refractivity contribution in [3.8, 4) is 0 Å². The van der Waals surface area contributed by atoms with Crippen LogP contribution in [0.25, 0.3) is 0 Å². The van der Waals surface area contributed by atoms with Crippen LogP contribution in [-0.4, -0.2) is 143 Å². The summed E-state index contributed by atoms with van der Waals surface area (Å²) in [4.78, 5) is 150. The van der Waals surface area contributed by atoms with E-state index in [9.17, 15) is 149 Å². The summed E-state index contributed by atoms with van der Waals surface area (Å²) in [6, 6.07) is 0. The Balaban J connectivity index is -0.000000109. The summed E-state index contributed by atoms with van der Waals surface area (Å²) in [5, 5.41) is 195. The SMILES string of the molecule is O=C([O-])CC(O)(CC(=O)[O-])C(=O)[O-].O=C([O-])CC(O)(CC(=O)[O-])C(=O)[O-].O=C([O-])CC(O)(CC(=O)[O-])C(=O)[O-].O=C([O-])CC(O)(CC(=O)[O-])C(=O)[O-].O=C([O-])CC(O)(CC(=O)[O-])C(=O)[O-].[V].[V].[V]. The minimum Gasteiger partial charge on any atom is -0.550 e. The average Bonchev–Trinajstić information content (AvgIpc) is 3.01. The second-order valence-corrected chi connectivity index (χ2v) is 12.1. The fraction of sp³-hybridized carbons (Fsp3) is 0.500. The maximum Gasteiger partial charge on any atom is 0.114 e. The van der Waals surface area contributed by atoms with Crippen molar-refractivity contribution in [3.63, 3.8) is 0 Å². The Morgan fingerprint density at radius 2 is 0.265 bits per heavy atom. The van der Waals surface area contributed by atoms with E-state index in [2.05, 4.69) is 0 Å². The molecule has 0 unspecified atom stereocenters. The van der Waals surface area contributed by atoms with Crippen LogP contribution in [-0.2, 0) is 128 Å². The largest absolute Gasteiger partial charge is 0.550 e. The summed E-state index contributed by atoms with van der Waals surface area (Å²) < 4.78 is 0. The smallest absolute Gasteiger partial charge is 0.114 e. The molecule has 0 spiro atoms. The molecule has 0 aromatic heterocycles. The molecule has 0 saturated carbocycles. The zero-order chi connectivity index (χ0) is 53.2. The number of rotatable bonds is 25. The number of carbonyl (C=O) groups excluding carboxylic acids is 15. The third-order valence-corrected chi connectivity index (χ3v) is 6.27. The number of hydrogen-bond donors (Lipinski definition) is 5. The molecular formula is C30H25O35V3-15. The summed E-state index contributed by atoms with van der Waals surface area (Å²) in [7, 11) is 0. The summed E-state index contributed by atoms with van der Waals surface area (Å²) in [5.41, 5.74) is -14.9. The standard InChI is InChI=1S/5C6H8O7.3V/c5*7-3(8)1-6(13,5(11)12)2-4(9)10;;;/h5*13H,1-2H2,(H,7,8)(H,9,10)(H,11,12);;;/p-15. The van der Waals surface area contributed by atoms with Crippen LogP contribution in [0.5, 0.6) is 0 Å². The molecule has 385 valence electrons. The number of aliphatic hydroxyl groups is 5. The van der Waals surface area contributed by atoms with E-state index in [-0.39, 0.29) is 55.7 Å². The molecule has 0 aliphatic rings. The van der Waals surface area contributed by atoms with Crippen molar-refractivity contribution in [2.24, 2.45) is 0 Å². The van der Waals surface area contributed by atoms with Gasteiger partial charge in [-0.1, -0.05) is 0 Å². The van der Waals surface area contributed by atoms with Gasteiger partial charge in [-0.25, -0.2) is 0 Å². The van der Waals surface area contributed by atoms with Crippen LogP contribution < -0.4 is 76.6 Å². The third-order valence-electron chi connectivity index (χ3n) is 6.27. The summed E-state index contributed by atoms with van der Waals surface area (Å²) in [5.74, 6) is -29.9. The number of carboxylic acid groups (broad SMARTS) is 15. The number of carboxylic acids is 15. The second kappa shape index (κ2) is 34.8. The van der Waals surface area contributed by atoms with Crippen molar-refractivity contribution in [1.82, 2.24) is 0 Å². The van der Waals surface area contributed by atoms with Crippen LogP contribution in [0.3, 0.4) is 0 Å². The Bertz CT molecular complexity index is 1460. The van der Waals surface area contributed by atoms with Gasteiger partial charge in [0.15, 0.2) is 0 Å². The zero-order valence-corrected chi connectivity index (χ0v) is 37.1. The Kier molecular flexibility index (Phi) is 40.4. The van der Waals surface area contributed by atoms with Crippen LogP contribution >= 0.6 is 0 Å². The molecule has 0 aliphatic carbocycles. The van der Waals surface area contributed by atoms with E-state index in [1.165, 1.54) is 0 Å². The minimum atomic E-state index is -2.97. The molecule has 0 aliphatic heterocycles. The van der Waals surface area contributed by atoms with E-state index in [1.807, 2.05) is 0 Å². The Morgan fingerprint density at radius 1 is 0.206 bits per heavy atom. The predicted octanol–water partition coefficient (Wildman–Crippen LogP) is -26.3. The van der Waals surface area contributed by atoms with Gasteiger partial charge in [-0.15, -0.1) is 0 Å². The summed E-state index contributed by atoms with van der Waals surface area (Å²) in [6.45, 7) is 0. The van der Waals surface area contributed by atoms with Crippen LogP contribution in [0.15, 0.2) is 0 Å². The molecule has 68 heavy (non-hydrogen) atoms. The fourth-order valence-corrected chi connectivity index (χ4v) is 3.42. The van der Waals surface area contributed by atoms with Gasteiger partial charge in [0.2, 0.25) is 0 Å². The molecule has 38 heteroatoms. The van der Waals surface area contributed by atoms with Gasteiger partial charge in [0.25, 0.3) is 0 Å². The first kappa shape index (κ1) is 78.7. The minimum absolute atomic E-state index is 0. The Hall–Kier alpha value is -6.40. The van der Waals surface area contributed by atoms with Crippen molar-refractivity contribution in [2.45, 2.75) is 92.2 Å². The van der Waals surface area contributed by atoms with Crippen LogP contribution in [0, 0.1) is 0 Å². The monoisotopic (exact) mass is 1100 g/mol. The molecule has 0 aromatic carbocycles. The van der Waals surface area contributed by atoms with Gasteiger partial charge in [0.05, 0.1) is 29.8 Å². The summed E-state index contributed by atoms with van der Waals surface area (Å²) in [6.07, 6.45) is -13.6. The Labute approximate surface area is 410 Å². The van der Waals surface area contributed by atoms with Crippen molar-refractivity contribution >= 4 is 89.5 Å². The molecule has 0 fully saturated rings. The number of aliphatic carboxylic acids is 15. The van der Waals surface area contributed by atoms with Crippen LogP contribution in [0.2, 0.25) is 0 Å². The fourth-order valence-electron chi connectivity index (χ4n) is 3.42. The average molecular weight is 1100 g/mol. The van der Waals surface area contributed by atoms with E-state index >= 15 is 0 Å². The molecule has 5 N–H and O–H groups in total.